The number of nitrogens with one attached hydrogen (secondary N) is 2. The molecule has 0 saturated heterocycles. The minimum atomic E-state index is -1.07. The molecular formula is C7H9N3O3S. The van der Waals surface area contributed by atoms with Gasteiger partial charge in [-0.3, -0.25) is 4.79 Å². The van der Waals surface area contributed by atoms with E-state index < -0.39 is 12.0 Å². The molecule has 0 radical (unpaired) electrons. The summed E-state index contributed by atoms with van der Waals surface area (Å²) in [6.45, 7) is -0.0766. The van der Waals surface area contributed by atoms with Crippen LogP contribution in [0.25, 0.3) is 0 Å². The summed E-state index contributed by atoms with van der Waals surface area (Å²) < 4.78 is 0. The largest absolute Gasteiger partial charge is 0.480 e. The molecule has 0 aromatic carbocycles. The number of carboxylic acid groups (broad SMARTS) is 1. The molecule has 0 atom stereocenters. The maximum absolute atomic E-state index is 10.9. The molecule has 1 heterocycles. The number of thiazole rings is 1. The lowest BCUT2D eigenvalue weighted by Gasteiger charge is -2.02. The van der Waals surface area contributed by atoms with Crippen molar-refractivity contribution < 1.29 is 14.7 Å². The smallest absolute Gasteiger partial charge is 0.323 e. The second kappa shape index (κ2) is 5.18. The number of carbonyl (C=O) groups excluding carboxylic acids is 1. The second-order valence-electron chi connectivity index (χ2n) is 2.36. The van der Waals surface area contributed by atoms with E-state index in [-0.39, 0.29) is 6.54 Å². The Labute approximate surface area is 84.0 Å². The van der Waals surface area contributed by atoms with Gasteiger partial charge in [0.05, 0.1) is 6.54 Å². The SMILES string of the molecule is O=C(O)CNC(=O)NCc1nccs1. The molecule has 0 saturated carbocycles. The third-order valence-corrected chi connectivity index (χ3v) is 2.06. The summed E-state index contributed by atoms with van der Waals surface area (Å²) >= 11 is 1.42. The van der Waals surface area contributed by atoms with Crippen LogP contribution in [0.2, 0.25) is 0 Å². The van der Waals surface area contributed by atoms with Gasteiger partial charge in [-0.15, -0.1) is 11.3 Å². The Kier molecular flexibility index (Phi) is 3.86. The molecule has 0 spiro atoms. The molecule has 0 aliphatic heterocycles. The van der Waals surface area contributed by atoms with E-state index in [1.165, 1.54) is 11.3 Å². The first kappa shape index (κ1) is 10.5. The van der Waals surface area contributed by atoms with Crippen LogP contribution in [0.5, 0.6) is 0 Å². The van der Waals surface area contributed by atoms with E-state index in [2.05, 4.69) is 15.6 Å². The first-order valence-electron chi connectivity index (χ1n) is 3.80. The van der Waals surface area contributed by atoms with Crippen LogP contribution in [0.1, 0.15) is 5.01 Å². The second-order valence-corrected chi connectivity index (χ2v) is 3.33. The lowest BCUT2D eigenvalue weighted by atomic mass is 10.6. The molecule has 6 nitrogen and oxygen atoms in total. The predicted octanol–water partition coefficient (Wildman–Crippen LogP) is 0.0269. The monoisotopic (exact) mass is 215 g/mol. The highest BCUT2D eigenvalue weighted by Crippen LogP contribution is 2.01. The first-order valence-corrected chi connectivity index (χ1v) is 4.68. The van der Waals surface area contributed by atoms with Gasteiger partial charge in [0.2, 0.25) is 0 Å². The molecule has 0 bridgehead atoms. The third-order valence-electron chi connectivity index (χ3n) is 1.28. The summed E-state index contributed by atoms with van der Waals surface area (Å²) in [6.07, 6.45) is 1.64. The Morgan fingerprint density at radius 3 is 2.86 bits per heavy atom. The fraction of sp³-hybridized carbons (Fsp3) is 0.286. The maximum atomic E-state index is 10.9. The maximum Gasteiger partial charge on any atom is 0.323 e. The van der Waals surface area contributed by atoms with Crippen LogP contribution in [0.15, 0.2) is 11.6 Å². The Bertz CT molecular complexity index is 312. The van der Waals surface area contributed by atoms with E-state index in [4.69, 9.17) is 5.11 Å². The van der Waals surface area contributed by atoms with E-state index in [1.54, 1.807) is 11.6 Å². The van der Waals surface area contributed by atoms with Crippen molar-refractivity contribution in [1.29, 1.82) is 0 Å². The van der Waals surface area contributed by atoms with Crippen LogP contribution >= 0.6 is 11.3 Å². The normalized spacial score (nSPS) is 9.43. The van der Waals surface area contributed by atoms with Gasteiger partial charge < -0.3 is 15.7 Å². The lowest BCUT2D eigenvalue weighted by Crippen LogP contribution is -2.37. The number of rotatable bonds is 4. The zero-order chi connectivity index (χ0) is 10.4. The van der Waals surface area contributed by atoms with E-state index in [9.17, 15) is 9.59 Å². The Hall–Kier alpha value is -1.63. The van der Waals surface area contributed by atoms with E-state index in [0.29, 0.717) is 6.54 Å². The molecule has 2 amide bonds. The Morgan fingerprint density at radius 1 is 1.50 bits per heavy atom. The standard InChI is InChI=1S/C7H9N3O3S/c11-6(12)4-10-7(13)9-3-5-8-1-2-14-5/h1-2H,3-4H2,(H,11,12)(H2,9,10,13). The molecule has 0 aliphatic carbocycles. The van der Waals surface area contributed by atoms with Crippen LogP contribution in [0.4, 0.5) is 4.79 Å². The average Bonchev–Trinajstić information content (AvgIpc) is 2.63. The minimum Gasteiger partial charge on any atom is -0.480 e. The van der Waals surface area contributed by atoms with E-state index in [0.717, 1.165) is 5.01 Å². The zero-order valence-corrected chi connectivity index (χ0v) is 8.00. The number of aromatic nitrogens is 1. The molecule has 0 fully saturated rings. The Morgan fingerprint density at radius 2 is 2.29 bits per heavy atom. The summed E-state index contributed by atoms with van der Waals surface area (Å²) in [6, 6.07) is -0.511. The van der Waals surface area contributed by atoms with Crippen LogP contribution in [-0.2, 0) is 11.3 Å². The van der Waals surface area contributed by atoms with Crippen molar-refractivity contribution in [1.82, 2.24) is 15.6 Å². The van der Waals surface area contributed by atoms with Crippen molar-refractivity contribution in [2.45, 2.75) is 6.54 Å². The van der Waals surface area contributed by atoms with Crippen molar-refractivity contribution in [3.05, 3.63) is 16.6 Å². The van der Waals surface area contributed by atoms with E-state index in [1.807, 2.05) is 0 Å². The molecule has 1 rings (SSSR count). The summed E-state index contributed by atoms with van der Waals surface area (Å²) in [5.74, 6) is -1.07. The van der Waals surface area contributed by atoms with Gasteiger partial charge in [-0.2, -0.15) is 0 Å². The van der Waals surface area contributed by atoms with Gasteiger partial charge in [0.15, 0.2) is 0 Å². The van der Waals surface area contributed by atoms with Crippen LogP contribution in [0.3, 0.4) is 0 Å². The average molecular weight is 215 g/mol. The van der Waals surface area contributed by atoms with Gasteiger partial charge in [-0.1, -0.05) is 0 Å². The topological polar surface area (TPSA) is 91.3 Å². The molecule has 1 aromatic rings. The van der Waals surface area contributed by atoms with Gasteiger partial charge in [-0.25, -0.2) is 9.78 Å². The van der Waals surface area contributed by atoms with Crippen LogP contribution in [0, 0.1) is 0 Å². The number of aliphatic carboxylic acids is 1. The van der Waals surface area contributed by atoms with Crippen molar-refractivity contribution in [3.8, 4) is 0 Å². The molecular weight excluding hydrogens is 206 g/mol. The number of carbonyl (C=O) groups is 2. The number of amides is 2. The fourth-order valence-corrected chi connectivity index (χ4v) is 1.27. The molecule has 1 aromatic heterocycles. The molecule has 76 valence electrons. The van der Waals surface area contributed by atoms with Crippen LogP contribution in [-0.4, -0.2) is 28.6 Å². The number of carboxylic acids is 1. The van der Waals surface area contributed by atoms with Crippen LogP contribution < -0.4 is 10.6 Å². The predicted molar refractivity (Wildman–Crippen MR) is 50.0 cm³/mol. The Balaban J connectivity index is 2.18. The first-order chi connectivity index (χ1) is 6.68. The van der Waals surface area contributed by atoms with Gasteiger partial charge >= 0.3 is 12.0 Å². The van der Waals surface area contributed by atoms with Gasteiger partial charge in [-0.05, 0) is 0 Å². The highest BCUT2D eigenvalue weighted by atomic mass is 32.1. The van der Waals surface area contributed by atoms with Crippen molar-refractivity contribution in [3.63, 3.8) is 0 Å². The molecule has 7 heteroatoms. The summed E-state index contributed by atoms with van der Waals surface area (Å²) in [4.78, 5) is 25.0. The number of hydrogen-bond acceptors (Lipinski definition) is 4. The summed E-state index contributed by atoms with van der Waals surface area (Å²) in [7, 11) is 0. The van der Waals surface area contributed by atoms with E-state index >= 15 is 0 Å². The molecule has 14 heavy (non-hydrogen) atoms. The summed E-state index contributed by atoms with van der Waals surface area (Å²) in [5.41, 5.74) is 0. The fourth-order valence-electron chi connectivity index (χ4n) is 0.715. The number of nitrogens with zero attached hydrogens (tertiary/aromatic N) is 1. The third kappa shape index (κ3) is 3.85. The van der Waals surface area contributed by atoms with Crippen molar-refractivity contribution >= 4 is 23.3 Å². The highest BCUT2D eigenvalue weighted by molar-refractivity contribution is 7.09. The minimum absolute atomic E-state index is 0.309. The number of urea groups is 1. The summed E-state index contributed by atoms with van der Waals surface area (Å²) in [5, 5.41) is 15.5. The quantitative estimate of drug-likeness (QED) is 0.660. The molecule has 0 aliphatic rings. The van der Waals surface area contributed by atoms with Gasteiger partial charge in [0.1, 0.15) is 11.6 Å². The number of hydrogen-bond donors (Lipinski definition) is 3. The van der Waals surface area contributed by atoms with Gasteiger partial charge in [0.25, 0.3) is 0 Å². The molecule has 0 unspecified atom stereocenters. The molecule has 3 N–H and O–H groups in total. The van der Waals surface area contributed by atoms with Crippen molar-refractivity contribution in [2.75, 3.05) is 6.54 Å². The highest BCUT2D eigenvalue weighted by Gasteiger charge is 2.03. The lowest BCUT2D eigenvalue weighted by molar-refractivity contribution is -0.135. The van der Waals surface area contributed by atoms with Crippen molar-refractivity contribution in [2.24, 2.45) is 0 Å². The van der Waals surface area contributed by atoms with Gasteiger partial charge in [0, 0.05) is 11.6 Å². The zero-order valence-electron chi connectivity index (χ0n) is 7.19.